The van der Waals surface area contributed by atoms with Gasteiger partial charge in [-0.2, -0.15) is 0 Å². The molecule has 1 nitrogen and oxygen atoms in total. The van der Waals surface area contributed by atoms with Crippen molar-refractivity contribution in [3.8, 4) is 0 Å². The Morgan fingerprint density at radius 3 is 2.79 bits per heavy atom. The molecule has 1 unspecified atom stereocenters. The van der Waals surface area contributed by atoms with Gasteiger partial charge in [0.05, 0.1) is 4.47 Å². The predicted octanol–water partition coefficient (Wildman–Crippen LogP) is 3.82. The molecule has 0 aliphatic heterocycles. The Morgan fingerprint density at radius 2 is 2.21 bits per heavy atom. The van der Waals surface area contributed by atoms with Crippen molar-refractivity contribution < 1.29 is 9.18 Å². The highest BCUT2D eigenvalue weighted by Gasteiger charge is 2.17. The molecule has 0 heterocycles. The number of benzene rings is 1. The van der Waals surface area contributed by atoms with E-state index in [0.29, 0.717) is 5.56 Å². The van der Waals surface area contributed by atoms with Gasteiger partial charge in [0.15, 0.2) is 5.78 Å². The summed E-state index contributed by atoms with van der Waals surface area (Å²) in [5, 5.41) is 0. The van der Waals surface area contributed by atoms with Crippen LogP contribution in [0.1, 0.15) is 30.6 Å². The normalized spacial score (nSPS) is 12.6. The van der Waals surface area contributed by atoms with Crippen LogP contribution in [0.4, 0.5) is 4.39 Å². The van der Waals surface area contributed by atoms with E-state index in [-0.39, 0.29) is 22.0 Å². The maximum atomic E-state index is 13.1. The van der Waals surface area contributed by atoms with Gasteiger partial charge in [-0.15, -0.1) is 0 Å². The lowest BCUT2D eigenvalue weighted by Gasteiger charge is -2.09. The van der Waals surface area contributed by atoms with Crippen LogP contribution in [-0.4, -0.2) is 5.78 Å². The van der Waals surface area contributed by atoms with Crippen molar-refractivity contribution in [3.05, 3.63) is 34.1 Å². The summed E-state index contributed by atoms with van der Waals surface area (Å²) >= 11 is 3.08. The monoisotopic (exact) mass is 258 g/mol. The Hall–Kier alpha value is -0.700. The third-order valence-corrected chi connectivity index (χ3v) is 3.08. The number of Topliss-reactive ketones (excluding diaryl/α,β-unsaturated/α-hetero) is 1. The zero-order valence-electron chi connectivity index (χ0n) is 8.18. The van der Waals surface area contributed by atoms with E-state index in [0.717, 1.165) is 6.42 Å². The van der Waals surface area contributed by atoms with Gasteiger partial charge in [-0.3, -0.25) is 4.79 Å². The van der Waals surface area contributed by atoms with Crippen LogP contribution in [0.15, 0.2) is 22.7 Å². The van der Waals surface area contributed by atoms with Gasteiger partial charge in [0.1, 0.15) is 5.82 Å². The summed E-state index contributed by atoms with van der Waals surface area (Å²) in [6.07, 6.45) is 0.766. The number of halogens is 2. The SMILES string of the molecule is CCC(C)C(=O)c1cccc(F)c1Br. The number of hydrogen-bond acceptors (Lipinski definition) is 1. The topological polar surface area (TPSA) is 17.1 Å². The van der Waals surface area contributed by atoms with Gasteiger partial charge in [-0.05, 0) is 28.4 Å². The van der Waals surface area contributed by atoms with Crippen LogP contribution in [0.3, 0.4) is 0 Å². The summed E-state index contributed by atoms with van der Waals surface area (Å²) in [6.45, 7) is 3.79. The van der Waals surface area contributed by atoms with Crippen LogP contribution in [0.25, 0.3) is 0 Å². The zero-order chi connectivity index (χ0) is 10.7. The molecule has 0 saturated heterocycles. The molecule has 0 N–H and O–H groups in total. The Labute approximate surface area is 91.5 Å². The van der Waals surface area contributed by atoms with Crippen LogP contribution in [-0.2, 0) is 0 Å². The second-order valence-electron chi connectivity index (χ2n) is 3.27. The average Bonchev–Trinajstić information content (AvgIpc) is 2.20. The molecule has 0 spiro atoms. The molecule has 1 atom stereocenters. The second kappa shape index (κ2) is 4.69. The maximum Gasteiger partial charge on any atom is 0.166 e. The zero-order valence-corrected chi connectivity index (χ0v) is 9.77. The number of ketones is 1. The van der Waals surface area contributed by atoms with Gasteiger partial charge in [-0.25, -0.2) is 4.39 Å². The summed E-state index contributed by atoms with van der Waals surface area (Å²) in [6, 6.07) is 4.52. The first kappa shape index (κ1) is 11.4. The Bertz CT molecular complexity index is 349. The molecule has 1 rings (SSSR count). The molecule has 0 bridgehead atoms. The summed E-state index contributed by atoms with van der Waals surface area (Å²) in [5.41, 5.74) is 0.430. The summed E-state index contributed by atoms with van der Waals surface area (Å²) in [5.74, 6) is -0.467. The summed E-state index contributed by atoms with van der Waals surface area (Å²) in [7, 11) is 0. The number of carbonyl (C=O) groups is 1. The van der Waals surface area contributed by atoms with E-state index in [4.69, 9.17) is 0 Å². The van der Waals surface area contributed by atoms with E-state index in [1.807, 2.05) is 13.8 Å². The first-order valence-corrected chi connectivity index (χ1v) is 5.35. The third-order valence-electron chi connectivity index (χ3n) is 2.28. The second-order valence-corrected chi connectivity index (χ2v) is 4.07. The fourth-order valence-corrected chi connectivity index (χ4v) is 1.60. The number of rotatable bonds is 3. The first-order chi connectivity index (χ1) is 6.57. The van der Waals surface area contributed by atoms with E-state index in [1.54, 1.807) is 12.1 Å². The van der Waals surface area contributed by atoms with E-state index >= 15 is 0 Å². The van der Waals surface area contributed by atoms with Crippen LogP contribution in [0.5, 0.6) is 0 Å². The van der Waals surface area contributed by atoms with Crippen molar-refractivity contribution in [2.45, 2.75) is 20.3 Å². The molecule has 0 aromatic heterocycles. The van der Waals surface area contributed by atoms with Gasteiger partial charge >= 0.3 is 0 Å². The van der Waals surface area contributed by atoms with E-state index in [1.165, 1.54) is 6.07 Å². The molecule has 14 heavy (non-hydrogen) atoms. The van der Waals surface area contributed by atoms with Crippen LogP contribution in [0, 0.1) is 11.7 Å². The minimum absolute atomic E-state index is 0.0149. The minimum Gasteiger partial charge on any atom is -0.294 e. The molecule has 0 amide bonds. The first-order valence-electron chi connectivity index (χ1n) is 4.56. The van der Waals surface area contributed by atoms with Gasteiger partial charge in [0.25, 0.3) is 0 Å². The van der Waals surface area contributed by atoms with Crippen LogP contribution >= 0.6 is 15.9 Å². The van der Waals surface area contributed by atoms with Crippen molar-refractivity contribution in [3.63, 3.8) is 0 Å². The lowest BCUT2D eigenvalue weighted by molar-refractivity contribution is 0.0926. The summed E-state index contributed by atoms with van der Waals surface area (Å²) < 4.78 is 13.4. The molecule has 0 radical (unpaired) electrons. The van der Waals surface area contributed by atoms with Crippen molar-refractivity contribution in [1.29, 1.82) is 0 Å². The predicted molar refractivity (Wildman–Crippen MR) is 57.9 cm³/mol. The van der Waals surface area contributed by atoms with Crippen LogP contribution < -0.4 is 0 Å². The highest BCUT2D eigenvalue weighted by molar-refractivity contribution is 9.10. The summed E-state index contributed by atoms with van der Waals surface area (Å²) in [4.78, 5) is 11.8. The smallest absolute Gasteiger partial charge is 0.166 e. The molecular formula is C11H12BrFO. The molecule has 0 aliphatic rings. The van der Waals surface area contributed by atoms with E-state index in [9.17, 15) is 9.18 Å². The van der Waals surface area contributed by atoms with Crippen molar-refractivity contribution in [1.82, 2.24) is 0 Å². The fraction of sp³-hybridized carbons (Fsp3) is 0.364. The Balaban J connectivity index is 3.07. The molecule has 3 heteroatoms. The molecule has 0 aliphatic carbocycles. The quantitative estimate of drug-likeness (QED) is 0.754. The van der Waals surface area contributed by atoms with Crippen molar-refractivity contribution >= 4 is 21.7 Å². The van der Waals surface area contributed by atoms with E-state index < -0.39 is 0 Å². The standard InChI is InChI=1S/C11H12BrFO/c1-3-7(2)11(14)8-5-4-6-9(13)10(8)12/h4-7H,3H2,1-2H3. The van der Waals surface area contributed by atoms with Gasteiger partial charge < -0.3 is 0 Å². The third kappa shape index (κ3) is 2.21. The molecule has 1 aromatic rings. The average molecular weight is 259 g/mol. The van der Waals surface area contributed by atoms with Crippen LogP contribution in [0.2, 0.25) is 0 Å². The fourth-order valence-electron chi connectivity index (χ4n) is 1.14. The van der Waals surface area contributed by atoms with Gasteiger partial charge in [0, 0.05) is 11.5 Å². The molecule has 76 valence electrons. The Kier molecular flexibility index (Phi) is 3.81. The lowest BCUT2D eigenvalue weighted by atomic mass is 9.97. The van der Waals surface area contributed by atoms with Crippen molar-refractivity contribution in [2.24, 2.45) is 5.92 Å². The highest BCUT2D eigenvalue weighted by atomic mass is 79.9. The van der Waals surface area contributed by atoms with Crippen molar-refractivity contribution in [2.75, 3.05) is 0 Å². The Morgan fingerprint density at radius 1 is 1.57 bits per heavy atom. The minimum atomic E-state index is -0.390. The highest BCUT2D eigenvalue weighted by Crippen LogP contribution is 2.23. The largest absolute Gasteiger partial charge is 0.294 e. The van der Waals surface area contributed by atoms with Gasteiger partial charge in [-0.1, -0.05) is 26.0 Å². The van der Waals surface area contributed by atoms with Gasteiger partial charge in [0.2, 0.25) is 0 Å². The van der Waals surface area contributed by atoms with E-state index in [2.05, 4.69) is 15.9 Å². The molecular weight excluding hydrogens is 247 g/mol. The lowest BCUT2D eigenvalue weighted by Crippen LogP contribution is -2.11. The molecule has 0 fully saturated rings. The number of carbonyl (C=O) groups excluding carboxylic acids is 1. The molecule has 1 aromatic carbocycles. The molecule has 0 saturated carbocycles. The maximum absolute atomic E-state index is 13.1. The number of hydrogen-bond donors (Lipinski definition) is 0.